The maximum atomic E-state index is 13.0. The quantitative estimate of drug-likeness (QED) is 0.760. The van der Waals surface area contributed by atoms with E-state index < -0.39 is 0 Å². The van der Waals surface area contributed by atoms with Crippen molar-refractivity contribution in [2.45, 2.75) is 17.2 Å². The second kappa shape index (κ2) is 4.82. The number of benzene rings is 2. The lowest BCUT2D eigenvalue weighted by atomic mass is 9.93. The van der Waals surface area contributed by atoms with Crippen molar-refractivity contribution < 1.29 is 9.18 Å². The van der Waals surface area contributed by atoms with Gasteiger partial charge in [-0.15, -0.1) is 11.8 Å². The van der Waals surface area contributed by atoms with E-state index in [1.807, 2.05) is 24.5 Å². The van der Waals surface area contributed by atoms with Gasteiger partial charge in [0.25, 0.3) is 0 Å². The van der Waals surface area contributed by atoms with Gasteiger partial charge < -0.3 is 0 Å². The number of hydrogen-bond acceptors (Lipinski definition) is 2. The first-order chi connectivity index (χ1) is 9.19. The van der Waals surface area contributed by atoms with Crippen LogP contribution in [0.5, 0.6) is 0 Å². The summed E-state index contributed by atoms with van der Waals surface area (Å²) in [7, 11) is 0. The first-order valence-corrected chi connectivity index (χ1v) is 7.38. The highest BCUT2D eigenvalue weighted by molar-refractivity contribution is 7.98. The number of fused-ring (bicyclic) bond motifs is 1. The van der Waals surface area contributed by atoms with E-state index in [0.717, 1.165) is 21.6 Å². The third-order valence-electron chi connectivity index (χ3n) is 3.60. The molecule has 2 aromatic rings. The summed E-state index contributed by atoms with van der Waals surface area (Å²) in [6.07, 6.45) is 2.48. The van der Waals surface area contributed by atoms with Crippen LogP contribution in [0.2, 0.25) is 0 Å². The normalized spacial score (nSPS) is 17.6. The van der Waals surface area contributed by atoms with E-state index in [9.17, 15) is 9.18 Å². The van der Waals surface area contributed by atoms with Crippen LogP contribution in [0.15, 0.2) is 47.4 Å². The summed E-state index contributed by atoms with van der Waals surface area (Å²) >= 11 is 1.63. The maximum absolute atomic E-state index is 13.0. The van der Waals surface area contributed by atoms with Crippen LogP contribution < -0.4 is 0 Å². The SMILES string of the molecule is CSc1ccc2c(c1)C(=O)C[C@H]2c1ccc(F)cc1. The molecule has 0 fully saturated rings. The lowest BCUT2D eigenvalue weighted by Gasteiger charge is -2.11. The molecule has 1 aliphatic rings. The summed E-state index contributed by atoms with van der Waals surface area (Å²) in [5.41, 5.74) is 2.89. The highest BCUT2D eigenvalue weighted by atomic mass is 32.2. The van der Waals surface area contributed by atoms with Gasteiger partial charge in [-0.3, -0.25) is 4.79 Å². The van der Waals surface area contributed by atoms with E-state index in [1.54, 1.807) is 23.9 Å². The number of rotatable bonds is 2. The fraction of sp³-hybridized carbons (Fsp3) is 0.188. The Balaban J connectivity index is 2.04. The van der Waals surface area contributed by atoms with Crippen LogP contribution in [0, 0.1) is 5.82 Å². The van der Waals surface area contributed by atoms with Crippen molar-refractivity contribution in [2.75, 3.05) is 6.26 Å². The van der Waals surface area contributed by atoms with E-state index in [1.165, 1.54) is 12.1 Å². The number of thioether (sulfide) groups is 1. The Morgan fingerprint density at radius 3 is 2.58 bits per heavy atom. The predicted octanol–water partition coefficient (Wildman–Crippen LogP) is 4.27. The van der Waals surface area contributed by atoms with E-state index in [0.29, 0.717) is 6.42 Å². The molecule has 0 aliphatic heterocycles. The zero-order valence-corrected chi connectivity index (χ0v) is 11.3. The first kappa shape index (κ1) is 12.4. The molecule has 1 atom stereocenters. The fourth-order valence-corrected chi connectivity index (χ4v) is 3.05. The Labute approximate surface area is 115 Å². The molecule has 2 aromatic carbocycles. The monoisotopic (exact) mass is 272 g/mol. The van der Waals surface area contributed by atoms with Gasteiger partial charge in [0, 0.05) is 22.8 Å². The lowest BCUT2D eigenvalue weighted by Crippen LogP contribution is -1.96. The van der Waals surface area contributed by atoms with Crippen LogP contribution in [0.25, 0.3) is 0 Å². The molecule has 1 aliphatic carbocycles. The first-order valence-electron chi connectivity index (χ1n) is 6.15. The van der Waals surface area contributed by atoms with Crippen LogP contribution >= 0.6 is 11.8 Å². The van der Waals surface area contributed by atoms with Crippen molar-refractivity contribution in [3.8, 4) is 0 Å². The molecule has 3 heteroatoms. The standard InChI is InChI=1S/C16H13FOS/c1-19-12-6-7-13-14(9-16(18)15(13)8-12)10-2-4-11(17)5-3-10/h2-8,14H,9H2,1H3/t14-/m0/s1. The third-order valence-corrected chi connectivity index (χ3v) is 4.32. The second-order valence-corrected chi connectivity index (χ2v) is 5.56. The Morgan fingerprint density at radius 2 is 1.89 bits per heavy atom. The van der Waals surface area contributed by atoms with Crippen molar-refractivity contribution in [3.05, 3.63) is 65.0 Å². The molecule has 0 spiro atoms. The van der Waals surface area contributed by atoms with Gasteiger partial charge in [-0.2, -0.15) is 0 Å². The molecule has 0 heterocycles. The topological polar surface area (TPSA) is 17.1 Å². The molecular formula is C16H13FOS. The number of halogens is 1. The van der Waals surface area contributed by atoms with Gasteiger partial charge >= 0.3 is 0 Å². The van der Waals surface area contributed by atoms with Gasteiger partial charge in [-0.25, -0.2) is 4.39 Å². The van der Waals surface area contributed by atoms with Crippen LogP contribution in [0.4, 0.5) is 4.39 Å². The van der Waals surface area contributed by atoms with Crippen molar-refractivity contribution in [2.24, 2.45) is 0 Å². The molecule has 1 nitrogen and oxygen atoms in total. The van der Waals surface area contributed by atoms with Gasteiger partial charge in [-0.1, -0.05) is 18.2 Å². The Kier molecular flexibility index (Phi) is 3.15. The van der Waals surface area contributed by atoms with Gasteiger partial charge in [0.2, 0.25) is 0 Å². The predicted molar refractivity (Wildman–Crippen MR) is 75.4 cm³/mol. The third kappa shape index (κ3) is 2.19. The molecule has 0 saturated carbocycles. The van der Waals surface area contributed by atoms with E-state index in [4.69, 9.17) is 0 Å². The lowest BCUT2D eigenvalue weighted by molar-refractivity contribution is 0.0991. The average molecular weight is 272 g/mol. The zero-order valence-electron chi connectivity index (χ0n) is 10.5. The number of hydrogen-bond donors (Lipinski definition) is 0. The smallest absolute Gasteiger partial charge is 0.164 e. The summed E-state index contributed by atoms with van der Waals surface area (Å²) in [6, 6.07) is 12.5. The fourth-order valence-electron chi connectivity index (χ4n) is 2.61. The Bertz CT molecular complexity index is 634. The summed E-state index contributed by atoms with van der Waals surface area (Å²) in [6.45, 7) is 0. The minimum Gasteiger partial charge on any atom is -0.294 e. The van der Waals surface area contributed by atoms with Crippen LogP contribution in [-0.4, -0.2) is 12.0 Å². The number of carbonyl (C=O) groups excluding carboxylic acids is 1. The van der Waals surface area contributed by atoms with Gasteiger partial charge in [0.15, 0.2) is 5.78 Å². The molecule has 0 bridgehead atoms. The molecular weight excluding hydrogens is 259 g/mol. The Hall–Kier alpha value is -1.61. The second-order valence-electron chi connectivity index (χ2n) is 4.68. The number of ketones is 1. The van der Waals surface area contributed by atoms with Gasteiger partial charge in [0.1, 0.15) is 5.82 Å². The van der Waals surface area contributed by atoms with E-state index in [-0.39, 0.29) is 17.5 Å². The zero-order chi connectivity index (χ0) is 13.4. The summed E-state index contributed by atoms with van der Waals surface area (Å²) in [4.78, 5) is 13.2. The number of carbonyl (C=O) groups is 1. The van der Waals surface area contributed by atoms with Crippen LogP contribution in [0.1, 0.15) is 33.8 Å². The minimum atomic E-state index is -0.244. The molecule has 96 valence electrons. The van der Waals surface area contributed by atoms with Crippen LogP contribution in [-0.2, 0) is 0 Å². The molecule has 0 unspecified atom stereocenters. The molecule has 0 amide bonds. The Morgan fingerprint density at radius 1 is 1.16 bits per heavy atom. The molecule has 0 N–H and O–H groups in total. The maximum Gasteiger partial charge on any atom is 0.164 e. The summed E-state index contributed by atoms with van der Waals surface area (Å²) < 4.78 is 13.0. The van der Waals surface area contributed by atoms with Crippen molar-refractivity contribution in [1.82, 2.24) is 0 Å². The van der Waals surface area contributed by atoms with Crippen molar-refractivity contribution >= 4 is 17.5 Å². The number of Topliss-reactive ketones (excluding diaryl/α,β-unsaturated/α-hetero) is 1. The average Bonchev–Trinajstić information content (AvgIpc) is 2.76. The molecule has 3 rings (SSSR count). The van der Waals surface area contributed by atoms with E-state index >= 15 is 0 Å². The minimum absolute atomic E-state index is 0.0685. The van der Waals surface area contributed by atoms with Crippen molar-refractivity contribution in [1.29, 1.82) is 0 Å². The highest BCUT2D eigenvalue weighted by Crippen LogP contribution is 2.39. The van der Waals surface area contributed by atoms with Crippen molar-refractivity contribution in [3.63, 3.8) is 0 Å². The van der Waals surface area contributed by atoms with Gasteiger partial charge in [0.05, 0.1) is 0 Å². The largest absolute Gasteiger partial charge is 0.294 e. The van der Waals surface area contributed by atoms with Crippen LogP contribution in [0.3, 0.4) is 0 Å². The molecule has 0 saturated heterocycles. The highest BCUT2D eigenvalue weighted by Gasteiger charge is 2.30. The van der Waals surface area contributed by atoms with Gasteiger partial charge in [-0.05, 0) is 41.6 Å². The summed E-state index contributed by atoms with van der Waals surface area (Å²) in [5, 5.41) is 0. The van der Waals surface area contributed by atoms with E-state index in [2.05, 4.69) is 0 Å². The molecule has 0 radical (unpaired) electrons. The summed E-state index contributed by atoms with van der Waals surface area (Å²) in [5.74, 6) is 0.00487. The molecule has 19 heavy (non-hydrogen) atoms. The molecule has 0 aromatic heterocycles.